The van der Waals surface area contributed by atoms with Gasteiger partial charge in [-0.25, -0.2) is 9.37 Å². The second-order valence-corrected chi connectivity index (χ2v) is 9.09. The second kappa shape index (κ2) is 8.31. The zero-order valence-electron chi connectivity index (χ0n) is 18.1. The van der Waals surface area contributed by atoms with Gasteiger partial charge in [0.1, 0.15) is 11.3 Å². The van der Waals surface area contributed by atoms with Crippen molar-refractivity contribution in [1.82, 2.24) is 14.5 Å². The summed E-state index contributed by atoms with van der Waals surface area (Å²) in [6.45, 7) is 7.83. The maximum absolute atomic E-state index is 13.9. The number of hydrogen-bond acceptors (Lipinski definition) is 3. The maximum atomic E-state index is 13.9. The molecule has 0 unspecified atom stereocenters. The van der Waals surface area contributed by atoms with Gasteiger partial charge < -0.3 is 4.57 Å². The Morgan fingerprint density at radius 3 is 2.70 bits per heavy atom. The van der Waals surface area contributed by atoms with E-state index < -0.39 is 5.67 Å². The molecular weight excluding hydrogens is 377 g/mol. The van der Waals surface area contributed by atoms with E-state index in [-0.39, 0.29) is 5.78 Å². The fourth-order valence-electron chi connectivity index (χ4n) is 4.35. The molecule has 1 aliphatic heterocycles. The lowest BCUT2D eigenvalue weighted by Crippen LogP contribution is -2.38. The summed E-state index contributed by atoms with van der Waals surface area (Å²) in [6.07, 6.45) is 13.0. The van der Waals surface area contributed by atoms with Crippen molar-refractivity contribution < 1.29 is 9.18 Å². The van der Waals surface area contributed by atoms with Crippen LogP contribution in [0.15, 0.2) is 53.9 Å². The van der Waals surface area contributed by atoms with Gasteiger partial charge in [-0.1, -0.05) is 23.8 Å². The lowest BCUT2D eigenvalue weighted by atomic mass is 9.96. The summed E-state index contributed by atoms with van der Waals surface area (Å²) in [4.78, 5) is 18.4. The van der Waals surface area contributed by atoms with E-state index in [0.29, 0.717) is 6.54 Å². The first-order valence-corrected chi connectivity index (χ1v) is 10.7. The molecule has 2 aromatic heterocycles. The highest BCUT2D eigenvalue weighted by Gasteiger charge is 2.22. The molecule has 0 saturated carbocycles. The summed E-state index contributed by atoms with van der Waals surface area (Å²) in [6, 6.07) is 4.33. The average Bonchev–Trinajstić information content (AvgIpc) is 3.10. The Bertz CT molecular complexity index is 1050. The number of fused-ring (bicyclic) bond motifs is 1. The number of carbonyl (C=O) groups is 1. The van der Waals surface area contributed by atoms with E-state index in [4.69, 9.17) is 4.98 Å². The number of alkyl halides is 1. The van der Waals surface area contributed by atoms with Crippen LogP contribution in [-0.2, 0) is 11.3 Å². The van der Waals surface area contributed by atoms with Crippen LogP contribution in [0.2, 0.25) is 0 Å². The Labute approximate surface area is 177 Å². The van der Waals surface area contributed by atoms with Crippen molar-refractivity contribution in [3.63, 3.8) is 0 Å². The minimum absolute atomic E-state index is 0.166. The van der Waals surface area contributed by atoms with Crippen LogP contribution in [0.25, 0.3) is 16.6 Å². The molecule has 30 heavy (non-hydrogen) atoms. The van der Waals surface area contributed by atoms with Crippen molar-refractivity contribution in [2.75, 3.05) is 19.6 Å². The largest absolute Gasteiger partial charge is 0.328 e. The molecule has 2 aliphatic rings. The van der Waals surface area contributed by atoms with Crippen molar-refractivity contribution in [2.24, 2.45) is 0 Å². The third-order valence-corrected chi connectivity index (χ3v) is 5.93. The van der Waals surface area contributed by atoms with Gasteiger partial charge in [0.2, 0.25) is 0 Å². The molecule has 0 fully saturated rings. The molecule has 3 heterocycles. The van der Waals surface area contributed by atoms with Crippen LogP contribution in [0.3, 0.4) is 0 Å². The molecule has 158 valence electrons. The van der Waals surface area contributed by atoms with Gasteiger partial charge in [-0.15, -0.1) is 0 Å². The molecular formula is C25H30FN3O. The van der Waals surface area contributed by atoms with Crippen LogP contribution in [0, 0.1) is 0 Å². The first-order valence-electron chi connectivity index (χ1n) is 10.7. The molecule has 0 N–H and O–H groups in total. The number of aromatic nitrogens is 2. The Kier molecular flexibility index (Phi) is 5.74. The summed E-state index contributed by atoms with van der Waals surface area (Å²) in [5.41, 5.74) is 4.50. The number of Topliss-reactive ketones (excluding diaryl/α,β-unsaturated/α-hetero) is 1. The topological polar surface area (TPSA) is 38.1 Å². The lowest BCUT2D eigenvalue weighted by molar-refractivity contribution is -0.113. The van der Waals surface area contributed by atoms with Gasteiger partial charge in [0.25, 0.3) is 0 Å². The summed E-state index contributed by atoms with van der Waals surface area (Å²) >= 11 is 0. The van der Waals surface area contributed by atoms with Gasteiger partial charge in [-0.3, -0.25) is 9.69 Å². The van der Waals surface area contributed by atoms with Crippen LogP contribution in [0.1, 0.15) is 45.6 Å². The number of ketones is 1. The van der Waals surface area contributed by atoms with Gasteiger partial charge in [0.15, 0.2) is 5.78 Å². The van der Waals surface area contributed by atoms with Crippen LogP contribution in [0.4, 0.5) is 4.39 Å². The van der Waals surface area contributed by atoms with E-state index in [9.17, 15) is 9.18 Å². The highest BCUT2D eigenvalue weighted by Crippen LogP contribution is 2.27. The van der Waals surface area contributed by atoms with Gasteiger partial charge in [-0.05, 0) is 68.9 Å². The molecule has 0 aromatic carbocycles. The van der Waals surface area contributed by atoms with Gasteiger partial charge in [-0.2, -0.15) is 0 Å². The SMILES string of the molecule is CC(=O)C1=CC=C(Cn2ccc3cc(C4=CCN(CC(C)(C)F)CC4)cnc32)CC1. The number of carbonyl (C=O) groups excluding carboxylic acids is 1. The molecule has 1 aliphatic carbocycles. The van der Waals surface area contributed by atoms with E-state index in [1.165, 1.54) is 11.1 Å². The summed E-state index contributed by atoms with van der Waals surface area (Å²) in [7, 11) is 0. The van der Waals surface area contributed by atoms with Crippen LogP contribution >= 0.6 is 0 Å². The molecule has 0 spiro atoms. The van der Waals surface area contributed by atoms with Crippen molar-refractivity contribution in [3.05, 3.63) is 59.5 Å². The monoisotopic (exact) mass is 407 g/mol. The summed E-state index contributed by atoms with van der Waals surface area (Å²) in [5.74, 6) is 0.166. The fourth-order valence-corrected chi connectivity index (χ4v) is 4.35. The Hall–Kier alpha value is -2.53. The van der Waals surface area contributed by atoms with E-state index in [2.05, 4.69) is 39.9 Å². The number of halogens is 1. The summed E-state index contributed by atoms with van der Waals surface area (Å²) < 4.78 is 16.1. The average molecular weight is 408 g/mol. The lowest BCUT2D eigenvalue weighted by Gasteiger charge is -2.30. The highest BCUT2D eigenvalue weighted by atomic mass is 19.1. The quantitative estimate of drug-likeness (QED) is 0.668. The van der Waals surface area contributed by atoms with E-state index in [1.54, 1.807) is 20.8 Å². The number of rotatable bonds is 6. The minimum atomic E-state index is -1.16. The molecule has 0 atom stereocenters. The second-order valence-electron chi connectivity index (χ2n) is 9.09. The number of hydrogen-bond donors (Lipinski definition) is 0. The zero-order chi connectivity index (χ0) is 21.3. The predicted octanol–water partition coefficient (Wildman–Crippen LogP) is 5.11. The standard InChI is InChI=1S/C25H30FN3O/c1-18(30)20-6-4-19(5-7-20)16-29-13-10-22-14-23(15-27-24(22)29)21-8-11-28(12-9-21)17-25(2,3)26/h4,6,8,10,13-15H,5,7,9,11-12,16-17H2,1-3H3. The van der Waals surface area contributed by atoms with Crippen molar-refractivity contribution in [3.8, 4) is 0 Å². The summed E-state index contributed by atoms with van der Waals surface area (Å²) in [5, 5.41) is 1.14. The molecule has 0 bridgehead atoms. The zero-order valence-corrected chi connectivity index (χ0v) is 18.1. The van der Waals surface area contributed by atoms with Crippen molar-refractivity contribution >= 4 is 22.4 Å². The molecule has 5 heteroatoms. The number of allylic oxidation sites excluding steroid dienone is 4. The maximum Gasteiger partial charge on any atom is 0.155 e. The fraction of sp³-hybridized carbons (Fsp3) is 0.440. The molecule has 0 radical (unpaired) electrons. The Morgan fingerprint density at radius 2 is 2.07 bits per heavy atom. The van der Waals surface area contributed by atoms with E-state index >= 15 is 0 Å². The van der Waals surface area contributed by atoms with Gasteiger partial charge >= 0.3 is 0 Å². The van der Waals surface area contributed by atoms with Crippen molar-refractivity contribution in [2.45, 2.75) is 52.2 Å². The van der Waals surface area contributed by atoms with E-state index in [1.807, 2.05) is 12.3 Å². The molecule has 0 saturated heterocycles. The van der Waals surface area contributed by atoms with E-state index in [0.717, 1.165) is 61.1 Å². The van der Waals surface area contributed by atoms with Crippen LogP contribution < -0.4 is 0 Å². The van der Waals surface area contributed by atoms with Gasteiger partial charge in [0.05, 0.1) is 0 Å². The molecule has 4 rings (SSSR count). The Balaban J connectivity index is 1.48. The van der Waals surface area contributed by atoms with Gasteiger partial charge in [0, 0.05) is 44.0 Å². The minimum Gasteiger partial charge on any atom is -0.328 e. The highest BCUT2D eigenvalue weighted by molar-refractivity contribution is 5.93. The number of pyridine rings is 1. The normalized spacial score (nSPS) is 18.2. The predicted molar refractivity (Wildman–Crippen MR) is 120 cm³/mol. The third-order valence-electron chi connectivity index (χ3n) is 5.93. The number of nitrogens with zero attached hydrogens (tertiary/aromatic N) is 3. The first-order chi connectivity index (χ1) is 14.3. The van der Waals surface area contributed by atoms with Crippen molar-refractivity contribution in [1.29, 1.82) is 0 Å². The Morgan fingerprint density at radius 1 is 1.23 bits per heavy atom. The van der Waals surface area contributed by atoms with Crippen LogP contribution in [-0.4, -0.2) is 45.5 Å². The van der Waals surface area contributed by atoms with Crippen LogP contribution in [0.5, 0.6) is 0 Å². The smallest absolute Gasteiger partial charge is 0.155 e. The molecule has 0 amide bonds. The molecule has 4 nitrogen and oxygen atoms in total. The third kappa shape index (κ3) is 4.78. The molecule has 2 aromatic rings. The first kappa shape index (κ1) is 20.7.